The smallest absolute Gasteiger partial charge is 0.203 e. The minimum atomic E-state index is -0.0837. The molecule has 0 bridgehead atoms. The Morgan fingerprint density at radius 3 is 2.54 bits per heavy atom. The van der Waals surface area contributed by atoms with Crippen molar-refractivity contribution in [1.29, 1.82) is 5.26 Å². The van der Waals surface area contributed by atoms with Crippen LogP contribution in [0.3, 0.4) is 0 Å². The normalized spacial score (nSPS) is 14.2. The Bertz CT molecular complexity index is 1350. The molecule has 0 heterocycles. The zero-order valence-corrected chi connectivity index (χ0v) is 21.1. The molecule has 1 atom stereocenters. The standard InChI is InChI=1S/C28H28N2O4S/c1-32-24-13-19-8-10-22(30-16-18-7-5-6-17(12-18)15-29)21-14-23(31)25(35-4)11-9-20(21)26(19)28(34-3)27(24)33-2/h5-7,9,11-14,22,30H,8,10,16H2,1-4H3/t22-/m0/s1. The molecule has 0 spiro atoms. The molecule has 0 aromatic heterocycles. The summed E-state index contributed by atoms with van der Waals surface area (Å²) in [5, 5.41) is 12.9. The van der Waals surface area contributed by atoms with Gasteiger partial charge in [0.25, 0.3) is 0 Å². The second-order valence-electron chi connectivity index (χ2n) is 8.24. The van der Waals surface area contributed by atoms with E-state index in [1.54, 1.807) is 33.5 Å². The van der Waals surface area contributed by atoms with Crippen molar-refractivity contribution in [3.63, 3.8) is 0 Å². The van der Waals surface area contributed by atoms with Crippen molar-refractivity contribution in [2.24, 2.45) is 0 Å². The number of thioether (sulfide) groups is 1. The SMILES string of the molecule is COc1cc2c(c(OC)c1OC)-c1ccc(SC)c(=O)cc1[C@@H](NCc1cccc(C#N)c1)CC2. The number of aryl methyl sites for hydroxylation is 1. The van der Waals surface area contributed by atoms with Crippen LogP contribution in [-0.4, -0.2) is 27.6 Å². The lowest BCUT2D eigenvalue weighted by Gasteiger charge is -2.20. The Morgan fingerprint density at radius 2 is 1.86 bits per heavy atom. The van der Waals surface area contributed by atoms with Crippen molar-refractivity contribution in [3.05, 3.63) is 81.0 Å². The molecule has 0 saturated carbocycles. The van der Waals surface area contributed by atoms with Gasteiger partial charge >= 0.3 is 0 Å². The molecule has 7 heteroatoms. The van der Waals surface area contributed by atoms with Crippen molar-refractivity contribution in [1.82, 2.24) is 5.32 Å². The number of hydrogen-bond acceptors (Lipinski definition) is 7. The van der Waals surface area contributed by atoms with Crippen LogP contribution in [0.5, 0.6) is 17.2 Å². The molecule has 3 aromatic rings. The quantitative estimate of drug-likeness (QED) is 0.463. The number of ether oxygens (including phenoxy) is 3. The van der Waals surface area contributed by atoms with Crippen LogP contribution in [-0.2, 0) is 13.0 Å². The van der Waals surface area contributed by atoms with Crippen LogP contribution in [0.1, 0.15) is 34.7 Å². The fraction of sp³-hybridized carbons (Fsp3) is 0.286. The van der Waals surface area contributed by atoms with Gasteiger partial charge in [0.1, 0.15) is 0 Å². The summed E-state index contributed by atoms with van der Waals surface area (Å²) in [5.41, 5.74) is 5.45. The second kappa shape index (κ2) is 10.9. The number of nitrogens with one attached hydrogen (secondary N) is 1. The molecule has 0 saturated heterocycles. The number of fused-ring (bicyclic) bond motifs is 3. The van der Waals surface area contributed by atoms with Gasteiger partial charge in [0.15, 0.2) is 16.9 Å². The second-order valence-corrected chi connectivity index (χ2v) is 9.09. The maximum Gasteiger partial charge on any atom is 0.203 e. The molecule has 35 heavy (non-hydrogen) atoms. The first kappa shape index (κ1) is 24.6. The Labute approximate surface area is 209 Å². The first-order valence-electron chi connectivity index (χ1n) is 11.3. The zero-order chi connectivity index (χ0) is 24.9. The Balaban J connectivity index is 1.88. The molecule has 0 unspecified atom stereocenters. The van der Waals surface area contributed by atoms with E-state index in [0.717, 1.165) is 40.7 Å². The van der Waals surface area contributed by atoms with Gasteiger partial charge in [-0.15, -0.1) is 11.8 Å². The molecule has 1 N–H and O–H groups in total. The van der Waals surface area contributed by atoms with Crippen LogP contribution in [0.4, 0.5) is 0 Å². The summed E-state index contributed by atoms with van der Waals surface area (Å²) in [4.78, 5) is 13.7. The van der Waals surface area contributed by atoms with Crippen molar-refractivity contribution in [2.75, 3.05) is 27.6 Å². The van der Waals surface area contributed by atoms with E-state index < -0.39 is 0 Å². The largest absolute Gasteiger partial charge is 0.493 e. The van der Waals surface area contributed by atoms with Crippen LogP contribution < -0.4 is 25.0 Å². The minimum Gasteiger partial charge on any atom is -0.493 e. The van der Waals surface area contributed by atoms with E-state index in [-0.39, 0.29) is 11.5 Å². The van der Waals surface area contributed by atoms with Gasteiger partial charge in [-0.3, -0.25) is 4.79 Å². The summed E-state index contributed by atoms with van der Waals surface area (Å²) in [6.07, 6.45) is 3.43. The lowest BCUT2D eigenvalue weighted by molar-refractivity contribution is 0.324. The molecule has 180 valence electrons. The molecule has 0 radical (unpaired) electrons. The number of methoxy groups -OCH3 is 3. The minimum absolute atomic E-state index is 0.0140. The monoisotopic (exact) mass is 488 g/mol. The summed E-state index contributed by atoms with van der Waals surface area (Å²) in [5.74, 6) is 1.73. The average Bonchev–Trinajstić information content (AvgIpc) is 3.14. The summed E-state index contributed by atoms with van der Waals surface area (Å²) < 4.78 is 17.1. The van der Waals surface area contributed by atoms with Crippen molar-refractivity contribution < 1.29 is 14.2 Å². The maximum atomic E-state index is 13.1. The molecule has 0 aliphatic heterocycles. The highest BCUT2D eigenvalue weighted by atomic mass is 32.2. The number of hydrogen-bond donors (Lipinski definition) is 1. The molecule has 1 aliphatic carbocycles. The lowest BCUT2D eigenvalue weighted by Crippen LogP contribution is -2.22. The molecular weight excluding hydrogens is 460 g/mol. The number of rotatable bonds is 7. The number of nitriles is 1. The highest BCUT2D eigenvalue weighted by molar-refractivity contribution is 7.98. The molecule has 3 aromatic carbocycles. The van der Waals surface area contributed by atoms with Gasteiger partial charge in [0.2, 0.25) is 5.75 Å². The van der Waals surface area contributed by atoms with Crippen molar-refractivity contribution >= 4 is 11.8 Å². The van der Waals surface area contributed by atoms with E-state index in [1.165, 1.54) is 11.8 Å². The molecular formula is C28H28N2O4S. The van der Waals surface area contributed by atoms with Gasteiger partial charge in [0, 0.05) is 18.2 Å². The predicted molar refractivity (Wildman–Crippen MR) is 139 cm³/mol. The van der Waals surface area contributed by atoms with Gasteiger partial charge in [-0.05, 0) is 71.7 Å². The topological polar surface area (TPSA) is 80.6 Å². The molecule has 4 rings (SSSR count). The van der Waals surface area contributed by atoms with Gasteiger partial charge in [-0.1, -0.05) is 18.2 Å². The van der Waals surface area contributed by atoms with Crippen LogP contribution in [0, 0.1) is 11.3 Å². The van der Waals surface area contributed by atoms with E-state index in [9.17, 15) is 10.1 Å². The third kappa shape index (κ3) is 4.86. The van der Waals surface area contributed by atoms with E-state index in [4.69, 9.17) is 14.2 Å². The highest BCUT2D eigenvalue weighted by Gasteiger charge is 2.29. The fourth-order valence-electron chi connectivity index (χ4n) is 4.67. The summed E-state index contributed by atoms with van der Waals surface area (Å²) in [6, 6.07) is 17.3. The van der Waals surface area contributed by atoms with Crippen LogP contribution >= 0.6 is 11.8 Å². The van der Waals surface area contributed by atoms with Crippen LogP contribution in [0.15, 0.2) is 58.2 Å². The fourth-order valence-corrected chi connectivity index (χ4v) is 5.13. The maximum absolute atomic E-state index is 13.1. The Morgan fingerprint density at radius 1 is 1.06 bits per heavy atom. The van der Waals surface area contributed by atoms with E-state index in [2.05, 4.69) is 11.4 Å². The van der Waals surface area contributed by atoms with Crippen LogP contribution in [0.25, 0.3) is 11.1 Å². The van der Waals surface area contributed by atoms with E-state index in [0.29, 0.717) is 34.3 Å². The Hall–Kier alpha value is -3.47. The number of nitrogens with zero attached hydrogens (tertiary/aromatic N) is 1. The lowest BCUT2D eigenvalue weighted by atomic mass is 9.95. The van der Waals surface area contributed by atoms with E-state index in [1.807, 2.05) is 42.7 Å². The van der Waals surface area contributed by atoms with Crippen LogP contribution in [0.2, 0.25) is 0 Å². The third-order valence-electron chi connectivity index (χ3n) is 6.33. The first-order chi connectivity index (χ1) is 17.0. The summed E-state index contributed by atoms with van der Waals surface area (Å²) in [7, 11) is 4.83. The molecule has 1 aliphatic rings. The van der Waals surface area contributed by atoms with Crippen molar-refractivity contribution in [2.45, 2.75) is 30.3 Å². The Kier molecular flexibility index (Phi) is 7.64. The highest BCUT2D eigenvalue weighted by Crippen LogP contribution is 2.50. The summed E-state index contributed by atoms with van der Waals surface area (Å²) >= 11 is 1.43. The van der Waals surface area contributed by atoms with Crippen molar-refractivity contribution in [3.8, 4) is 34.4 Å². The number of benzene rings is 2. The first-order valence-corrected chi connectivity index (χ1v) is 12.5. The molecule has 6 nitrogen and oxygen atoms in total. The van der Waals surface area contributed by atoms with E-state index >= 15 is 0 Å². The third-order valence-corrected chi connectivity index (χ3v) is 7.11. The van der Waals surface area contributed by atoms with Gasteiger partial charge in [-0.2, -0.15) is 5.26 Å². The predicted octanol–water partition coefficient (Wildman–Crippen LogP) is 5.11. The summed E-state index contributed by atoms with van der Waals surface area (Å²) in [6.45, 7) is 0.571. The zero-order valence-electron chi connectivity index (χ0n) is 20.3. The van der Waals surface area contributed by atoms with Gasteiger partial charge in [0.05, 0.1) is 37.9 Å². The van der Waals surface area contributed by atoms with Gasteiger partial charge < -0.3 is 19.5 Å². The molecule has 0 fully saturated rings. The average molecular weight is 489 g/mol. The molecule has 0 amide bonds. The van der Waals surface area contributed by atoms with Gasteiger partial charge in [-0.25, -0.2) is 0 Å².